The van der Waals surface area contributed by atoms with Gasteiger partial charge < -0.3 is 4.90 Å². The van der Waals surface area contributed by atoms with Crippen LogP contribution in [-0.4, -0.2) is 34.7 Å². The van der Waals surface area contributed by atoms with Gasteiger partial charge in [0.25, 0.3) is 0 Å². The van der Waals surface area contributed by atoms with Gasteiger partial charge in [-0.2, -0.15) is 0 Å². The van der Waals surface area contributed by atoms with Crippen LogP contribution in [0.3, 0.4) is 0 Å². The van der Waals surface area contributed by atoms with Crippen LogP contribution in [0.4, 0.5) is 0 Å². The molecule has 6 heteroatoms. The van der Waals surface area contributed by atoms with Gasteiger partial charge in [-0.05, 0) is 102 Å². The molecule has 4 nitrogen and oxygen atoms in total. The number of likely N-dealkylation sites (tertiary alicyclic amines) is 1. The highest BCUT2D eigenvalue weighted by molar-refractivity contribution is 9.10. The number of carbonyl (C=O) groups is 2. The number of piperidine rings is 1. The van der Waals surface area contributed by atoms with Crippen molar-refractivity contribution in [2.75, 3.05) is 13.1 Å². The number of nitrogens with zero attached hydrogens (tertiary/aromatic N) is 2. The van der Waals surface area contributed by atoms with Crippen LogP contribution in [-0.2, 0) is 22.4 Å². The van der Waals surface area contributed by atoms with Crippen molar-refractivity contribution in [3.63, 3.8) is 0 Å². The Morgan fingerprint density at radius 3 is 2.56 bits per heavy atom. The summed E-state index contributed by atoms with van der Waals surface area (Å²) in [6.45, 7) is 3.70. The van der Waals surface area contributed by atoms with E-state index < -0.39 is 0 Å². The molecule has 2 aliphatic carbocycles. The van der Waals surface area contributed by atoms with Gasteiger partial charge in [-0.25, -0.2) is 0 Å². The van der Waals surface area contributed by atoms with E-state index in [0.717, 1.165) is 62.5 Å². The first-order valence-electron chi connectivity index (χ1n) is 12.6. The second-order valence-corrected chi connectivity index (χ2v) is 12.1. The molecule has 1 aromatic carbocycles. The van der Waals surface area contributed by atoms with Crippen molar-refractivity contribution in [2.24, 2.45) is 11.8 Å². The van der Waals surface area contributed by atoms with E-state index in [-0.39, 0.29) is 17.7 Å². The van der Waals surface area contributed by atoms with E-state index in [9.17, 15) is 9.59 Å². The molecule has 34 heavy (non-hydrogen) atoms. The van der Waals surface area contributed by atoms with E-state index in [1.54, 1.807) is 0 Å². The van der Waals surface area contributed by atoms with Gasteiger partial charge in [-0.15, -0.1) is 0 Å². The number of aromatic nitrogens is 1. The third kappa shape index (κ3) is 4.90. The summed E-state index contributed by atoms with van der Waals surface area (Å²) in [5.41, 5.74) is 6.61. The van der Waals surface area contributed by atoms with Crippen LogP contribution < -0.4 is 0 Å². The maximum absolute atomic E-state index is 13.0. The van der Waals surface area contributed by atoms with E-state index in [2.05, 4.69) is 57.0 Å². The summed E-state index contributed by atoms with van der Waals surface area (Å²) in [6, 6.07) is 6.81. The molecule has 1 amide bonds. The third-order valence-corrected chi connectivity index (χ3v) is 9.15. The molecular formula is C28H32Br2N2O2. The summed E-state index contributed by atoms with van der Waals surface area (Å²) in [4.78, 5) is 32.2. The van der Waals surface area contributed by atoms with Crippen molar-refractivity contribution in [1.29, 1.82) is 0 Å². The zero-order valence-corrected chi connectivity index (χ0v) is 23.0. The summed E-state index contributed by atoms with van der Waals surface area (Å²) in [6.07, 6.45) is 9.86. The molecule has 5 rings (SSSR count). The highest BCUT2D eigenvalue weighted by atomic mass is 79.9. The molecule has 0 N–H and O–H groups in total. The molecule has 2 fully saturated rings. The van der Waals surface area contributed by atoms with Crippen molar-refractivity contribution in [3.8, 4) is 0 Å². The second kappa shape index (κ2) is 10.2. The Hall–Kier alpha value is -1.53. The molecule has 2 heterocycles. The van der Waals surface area contributed by atoms with E-state index in [4.69, 9.17) is 4.98 Å². The number of rotatable bonds is 3. The van der Waals surface area contributed by atoms with Crippen molar-refractivity contribution in [3.05, 3.63) is 61.3 Å². The van der Waals surface area contributed by atoms with Crippen LogP contribution in [0.5, 0.6) is 0 Å². The molecular weight excluding hydrogens is 556 g/mol. The Labute approximate surface area is 219 Å². The number of amides is 1. The molecule has 0 spiro atoms. The van der Waals surface area contributed by atoms with Crippen LogP contribution in [0.15, 0.2) is 33.3 Å². The van der Waals surface area contributed by atoms with Crippen molar-refractivity contribution in [2.45, 2.75) is 70.6 Å². The summed E-state index contributed by atoms with van der Waals surface area (Å²) in [5.74, 6) is 1.07. The Morgan fingerprint density at radius 2 is 1.79 bits per heavy atom. The van der Waals surface area contributed by atoms with Crippen LogP contribution in [0.1, 0.15) is 78.8 Å². The van der Waals surface area contributed by atoms with Crippen molar-refractivity contribution in [1.82, 2.24) is 9.88 Å². The molecule has 1 aliphatic heterocycles. The first-order chi connectivity index (χ1) is 16.4. The van der Waals surface area contributed by atoms with Crippen molar-refractivity contribution >= 4 is 43.6 Å². The molecule has 0 radical (unpaired) electrons. The van der Waals surface area contributed by atoms with Crippen LogP contribution in [0.25, 0.3) is 0 Å². The number of hydrogen-bond acceptors (Lipinski definition) is 3. The lowest BCUT2D eigenvalue weighted by molar-refractivity contribution is -0.137. The Balaban J connectivity index is 1.38. The Morgan fingerprint density at radius 1 is 1.03 bits per heavy atom. The number of carbonyl (C=O) groups excluding carboxylic acids is 2. The molecule has 0 bridgehead atoms. The zero-order chi connectivity index (χ0) is 23.8. The number of halogens is 2. The molecule has 3 aliphatic rings. The quantitative estimate of drug-likeness (QED) is 0.410. The monoisotopic (exact) mass is 586 g/mol. The summed E-state index contributed by atoms with van der Waals surface area (Å²) in [7, 11) is 0. The maximum atomic E-state index is 13.0. The normalized spacial score (nSPS) is 23.3. The lowest BCUT2D eigenvalue weighted by atomic mass is 9.76. The third-order valence-electron chi connectivity index (χ3n) is 8.06. The van der Waals surface area contributed by atoms with E-state index in [0.29, 0.717) is 24.5 Å². The molecule has 1 saturated carbocycles. The summed E-state index contributed by atoms with van der Waals surface area (Å²) >= 11 is 7.53. The van der Waals surface area contributed by atoms with Gasteiger partial charge in [0.2, 0.25) is 5.91 Å². The van der Waals surface area contributed by atoms with Gasteiger partial charge in [0.15, 0.2) is 0 Å². The largest absolute Gasteiger partial charge is 0.343 e. The number of fused-ring (bicyclic) bond motifs is 2. The van der Waals surface area contributed by atoms with Crippen LogP contribution in [0, 0.1) is 18.8 Å². The van der Waals surface area contributed by atoms with E-state index in [1.807, 2.05) is 11.1 Å². The predicted molar refractivity (Wildman–Crippen MR) is 141 cm³/mol. The highest BCUT2D eigenvalue weighted by Crippen LogP contribution is 2.45. The van der Waals surface area contributed by atoms with Gasteiger partial charge in [0.1, 0.15) is 5.78 Å². The fourth-order valence-electron chi connectivity index (χ4n) is 6.31. The Kier molecular flexibility index (Phi) is 7.27. The number of hydrogen-bond donors (Lipinski definition) is 0. The maximum Gasteiger partial charge on any atom is 0.223 e. The minimum Gasteiger partial charge on any atom is -0.343 e. The zero-order valence-electron chi connectivity index (χ0n) is 19.8. The SMILES string of the molecule is Cc1cc(Br)c2c(c1)CCc1cc(Br)cnc1C2C1CCN(C(=O)CC2CCCCC2=O)CC1. The smallest absolute Gasteiger partial charge is 0.223 e. The van der Waals surface area contributed by atoms with Gasteiger partial charge in [0, 0.05) is 52.9 Å². The Bertz CT molecular complexity index is 1110. The predicted octanol–water partition coefficient (Wildman–Crippen LogP) is 6.53. The number of Topliss-reactive ketones (excluding diaryl/α,β-unsaturated/α-hetero) is 1. The molecule has 180 valence electrons. The summed E-state index contributed by atoms with van der Waals surface area (Å²) in [5, 5.41) is 0. The highest BCUT2D eigenvalue weighted by Gasteiger charge is 2.37. The second-order valence-electron chi connectivity index (χ2n) is 10.3. The first kappa shape index (κ1) is 24.2. The van der Waals surface area contributed by atoms with Crippen LogP contribution >= 0.6 is 31.9 Å². The topological polar surface area (TPSA) is 50.3 Å². The average Bonchev–Trinajstić information content (AvgIpc) is 2.97. The fourth-order valence-corrected chi connectivity index (χ4v) is 7.55. The van der Waals surface area contributed by atoms with E-state index in [1.165, 1.54) is 32.4 Å². The van der Waals surface area contributed by atoms with Crippen LogP contribution in [0.2, 0.25) is 0 Å². The molecule has 1 aromatic heterocycles. The number of pyridine rings is 1. The minimum atomic E-state index is -0.0542. The first-order valence-corrected chi connectivity index (χ1v) is 14.2. The number of aryl methyl sites for hydroxylation is 3. The lowest BCUT2D eigenvalue weighted by Gasteiger charge is -2.37. The summed E-state index contributed by atoms with van der Waals surface area (Å²) < 4.78 is 2.21. The standard InChI is InChI=1S/C28H32Br2N2O2/c1-17-12-20-6-7-21-14-22(29)16-31-28(21)27(26(20)23(30)13-17)18-8-10-32(11-9-18)25(34)15-19-4-2-3-5-24(19)33/h12-14,16,18-19,27H,2-11,15H2,1H3. The van der Waals surface area contributed by atoms with Gasteiger partial charge in [-0.1, -0.05) is 28.4 Å². The van der Waals surface area contributed by atoms with Crippen molar-refractivity contribution < 1.29 is 9.59 Å². The minimum absolute atomic E-state index is 0.0542. The van der Waals surface area contributed by atoms with Gasteiger partial charge in [0.05, 0.1) is 5.69 Å². The number of ketones is 1. The lowest BCUT2D eigenvalue weighted by Crippen LogP contribution is -2.41. The van der Waals surface area contributed by atoms with E-state index >= 15 is 0 Å². The molecule has 1 saturated heterocycles. The number of benzene rings is 1. The van der Waals surface area contributed by atoms with Gasteiger partial charge in [-0.3, -0.25) is 14.6 Å². The molecule has 2 aromatic rings. The molecule has 2 unspecified atom stereocenters. The molecule has 2 atom stereocenters. The van der Waals surface area contributed by atoms with Gasteiger partial charge >= 0.3 is 0 Å². The average molecular weight is 588 g/mol. The fraction of sp³-hybridized carbons (Fsp3) is 0.536.